The zero-order chi connectivity index (χ0) is 12.3. The van der Waals surface area contributed by atoms with Crippen LogP contribution < -0.4 is 4.74 Å². The third-order valence-corrected chi connectivity index (χ3v) is 2.35. The summed E-state index contributed by atoms with van der Waals surface area (Å²) in [4.78, 5) is 6.92. The topological polar surface area (TPSA) is 58.1 Å². The summed E-state index contributed by atoms with van der Waals surface area (Å²) in [6, 6.07) is 7.37. The number of hydrogen-bond acceptors (Lipinski definition) is 3. The average molecular weight is 232 g/mol. The van der Waals surface area contributed by atoms with Gasteiger partial charge in [-0.05, 0) is 31.5 Å². The number of nitrogens with zero attached hydrogens (tertiary/aromatic N) is 1. The van der Waals surface area contributed by atoms with Gasteiger partial charge in [0.1, 0.15) is 17.7 Å². The highest BCUT2D eigenvalue weighted by molar-refractivity contribution is 5.30. The Labute approximate surface area is 100 Å². The van der Waals surface area contributed by atoms with E-state index in [1.165, 1.54) is 0 Å². The van der Waals surface area contributed by atoms with Crippen molar-refractivity contribution in [3.63, 3.8) is 0 Å². The molecule has 0 aliphatic heterocycles. The van der Waals surface area contributed by atoms with Gasteiger partial charge in [0.05, 0.1) is 6.10 Å². The molecule has 17 heavy (non-hydrogen) atoms. The van der Waals surface area contributed by atoms with E-state index in [0.717, 1.165) is 11.3 Å². The summed E-state index contributed by atoms with van der Waals surface area (Å²) in [6.45, 7) is 3.96. The molecule has 0 aliphatic carbocycles. The number of benzene rings is 1. The van der Waals surface area contributed by atoms with Gasteiger partial charge in [-0.3, -0.25) is 0 Å². The number of aliphatic hydroxyl groups excluding tert-OH is 1. The second kappa shape index (κ2) is 5.01. The molecule has 0 spiro atoms. The Morgan fingerprint density at radius 1 is 1.24 bits per heavy atom. The van der Waals surface area contributed by atoms with Crippen molar-refractivity contribution in [1.82, 2.24) is 9.97 Å². The molecule has 2 aromatic rings. The summed E-state index contributed by atoms with van der Waals surface area (Å²) in [5.74, 6) is 1.35. The summed E-state index contributed by atoms with van der Waals surface area (Å²) < 4.78 is 5.53. The van der Waals surface area contributed by atoms with E-state index in [4.69, 9.17) is 4.74 Å². The normalized spacial score (nSPS) is 12.7. The lowest BCUT2D eigenvalue weighted by atomic mass is 10.1. The van der Waals surface area contributed by atoms with Crippen LogP contribution in [0, 0.1) is 0 Å². The predicted molar refractivity (Wildman–Crippen MR) is 64.9 cm³/mol. The summed E-state index contributed by atoms with van der Waals surface area (Å²) >= 11 is 0. The first kappa shape index (κ1) is 11.7. The zero-order valence-electron chi connectivity index (χ0n) is 9.92. The lowest BCUT2D eigenvalue weighted by Crippen LogP contribution is -2.06. The molecule has 1 aromatic carbocycles. The summed E-state index contributed by atoms with van der Waals surface area (Å²) in [5, 5.41) is 10.0. The van der Waals surface area contributed by atoms with E-state index in [2.05, 4.69) is 9.97 Å². The van der Waals surface area contributed by atoms with E-state index in [-0.39, 0.29) is 6.10 Å². The Bertz CT molecular complexity index is 449. The van der Waals surface area contributed by atoms with Crippen LogP contribution in [0.2, 0.25) is 0 Å². The molecule has 0 fully saturated rings. The van der Waals surface area contributed by atoms with Crippen LogP contribution in [0.1, 0.15) is 31.3 Å². The molecule has 1 heterocycles. The minimum absolute atomic E-state index is 0.149. The third-order valence-electron chi connectivity index (χ3n) is 2.35. The van der Waals surface area contributed by atoms with E-state index in [9.17, 15) is 5.11 Å². The van der Waals surface area contributed by atoms with E-state index < -0.39 is 6.10 Å². The first-order valence-electron chi connectivity index (χ1n) is 5.61. The molecule has 90 valence electrons. The van der Waals surface area contributed by atoms with Gasteiger partial charge in [-0.2, -0.15) is 0 Å². The van der Waals surface area contributed by atoms with Gasteiger partial charge in [-0.1, -0.05) is 12.1 Å². The highest BCUT2D eigenvalue weighted by atomic mass is 16.5. The number of aliphatic hydroxyl groups is 1. The summed E-state index contributed by atoms with van der Waals surface area (Å²) in [6.07, 6.45) is 2.73. The number of ether oxygens (including phenoxy) is 1. The quantitative estimate of drug-likeness (QED) is 0.850. The van der Waals surface area contributed by atoms with Crippen molar-refractivity contribution in [2.75, 3.05) is 0 Å². The Balaban J connectivity index is 2.12. The molecule has 1 unspecified atom stereocenters. The Morgan fingerprint density at radius 2 is 1.94 bits per heavy atom. The number of aromatic amines is 1. The molecule has 0 aliphatic rings. The molecule has 0 bridgehead atoms. The standard InChI is InChI=1S/C13H16N2O2/c1-9(2)17-11-5-3-10(4-6-11)12(16)13-14-7-8-15-13/h3-9,12,16H,1-2H3,(H,14,15). The molecule has 2 rings (SSSR count). The van der Waals surface area contributed by atoms with E-state index in [1.54, 1.807) is 12.4 Å². The number of H-pyrrole nitrogens is 1. The monoisotopic (exact) mass is 232 g/mol. The van der Waals surface area contributed by atoms with Crippen molar-refractivity contribution in [2.24, 2.45) is 0 Å². The lowest BCUT2D eigenvalue weighted by molar-refractivity contribution is 0.210. The minimum Gasteiger partial charge on any atom is -0.491 e. The first-order valence-corrected chi connectivity index (χ1v) is 5.61. The Hall–Kier alpha value is -1.81. The van der Waals surface area contributed by atoms with Crippen molar-refractivity contribution in [3.8, 4) is 5.75 Å². The van der Waals surface area contributed by atoms with Crippen LogP contribution in [-0.4, -0.2) is 21.2 Å². The van der Waals surface area contributed by atoms with Crippen LogP contribution in [0.4, 0.5) is 0 Å². The van der Waals surface area contributed by atoms with Crippen molar-refractivity contribution < 1.29 is 9.84 Å². The summed E-state index contributed by atoms with van der Waals surface area (Å²) in [5.41, 5.74) is 0.788. The van der Waals surface area contributed by atoms with Crippen LogP contribution >= 0.6 is 0 Å². The molecule has 0 amide bonds. The second-order valence-electron chi connectivity index (χ2n) is 4.11. The van der Waals surface area contributed by atoms with Gasteiger partial charge in [0.15, 0.2) is 0 Å². The molecule has 0 saturated carbocycles. The largest absolute Gasteiger partial charge is 0.491 e. The first-order chi connectivity index (χ1) is 8.16. The molecule has 0 radical (unpaired) electrons. The highest BCUT2D eigenvalue weighted by Gasteiger charge is 2.12. The van der Waals surface area contributed by atoms with Crippen molar-refractivity contribution in [1.29, 1.82) is 0 Å². The molecule has 0 saturated heterocycles. The third kappa shape index (κ3) is 2.85. The maximum atomic E-state index is 10.0. The van der Waals surface area contributed by atoms with Gasteiger partial charge in [0.2, 0.25) is 0 Å². The van der Waals surface area contributed by atoms with E-state index in [0.29, 0.717) is 5.82 Å². The fraction of sp³-hybridized carbons (Fsp3) is 0.308. The lowest BCUT2D eigenvalue weighted by Gasteiger charge is -2.12. The molecule has 1 atom stereocenters. The molecule has 4 heteroatoms. The molecular weight excluding hydrogens is 216 g/mol. The summed E-state index contributed by atoms with van der Waals surface area (Å²) in [7, 11) is 0. The van der Waals surface area contributed by atoms with Crippen LogP contribution in [0.5, 0.6) is 5.75 Å². The molecule has 1 aromatic heterocycles. The fourth-order valence-electron chi connectivity index (χ4n) is 1.59. The van der Waals surface area contributed by atoms with Crippen LogP contribution in [0.3, 0.4) is 0 Å². The van der Waals surface area contributed by atoms with Gasteiger partial charge in [0.25, 0.3) is 0 Å². The Morgan fingerprint density at radius 3 is 2.47 bits per heavy atom. The number of imidazole rings is 1. The van der Waals surface area contributed by atoms with Crippen molar-refractivity contribution in [3.05, 3.63) is 48.0 Å². The van der Waals surface area contributed by atoms with E-state index >= 15 is 0 Å². The van der Waals surface area contributed by atoms with Crippen LogP contribution in [-0.2, 0) is 0 Å². The van der Waals surface area contributed by atoms with Crippen molar-refractivity contribution in [2.45, 2.75) is 26.1 Å². The predicted octanol–water partition coefficient (Wildman–Crippen LogP) is 2.28. The average Bonchev–Trinajstić information content (AvgIpc) is 2.82. The van der Waals surface area contributed by atoms with Gasteiger partial charge in [-0.25, -0.2) is 4.98 Å². The number of rotatable bonds is 4. The van der Waals surface area contributed by atoms with Gasteiger partial charge < -0.3 is 14.8 Å². The minimum atomic E-state index is -0.724. The van der Waals surface area contributed by atoms with Gasteiger partial charge in [-0.15, -0.1) is 0 Å². The zero-order valence-corrected chi connectivity index (χ0v) is 9.92. The second-order valence-corrected chi connectivity index (χ2v) is 4.11. The number of nitrogens with one attached hydrogen (secondary N) is 1. The van der Waals surface area contributed by atoms with Crippen LogP contribution in [0.15, 0.2) is 36.7 Å². The fourth-order valence-corrected chi connectivity index (χ4v) is 1.59. The maximum absolute atomic E-state index is 10.0. The molecule has 4 nitrogen and oxygen atoms in total. The van der Waals surface area contributed by atoms with Gasteiger partial charge >= 0.3 is 0 Å². The van der Waals surface area contributed by atoms with E-state index in [1.807, 2.05) is 38.1 Å². The maximum Gasteiger partial charge on any atom is 0.139 e. The van der Waals surface area contributed by atoms with Gasteiger partial charge in [0, 0.05) is 12.4 Å². The highest BCUT2D eigenvalue weighted by Crippen LogP contribution is 2.21. The molecular formula is C13H16N2O2. The number of hydrogen-bond donors (Lipinski definition) is 2. The Kier molecular flexibility index (Phi) is 3.44. The van der Waals surface area contributed by atoms with Crippen molar-refractivity contribution >= 4 is 0 Å². The number of aromatic nitrogens is 2. The smallest absolute Gasteiger partial charge is 0.139 e. The SMILES string of the molecule is CC(C)Oc1ccc(C(O)c2ncc[nH]2)cc1. The van der Waals surface area contributed by atoms with Crippen LogP contribution in [0.25, 0.3) is 0 Å². The molecule has 2 N–H and O–H groups in total.